The summed E-state index contributed by atoms with van der Waals surface area (Å²) in [6.45, 7) is 7.09. The van der Waals surface area contributed by atoms with E-state index in [4.69, 9.17) is 18.9 Å². The fourth-order valence-corrected chi connectivity index (χ4v) is 5.69. The van der Waals surface area contributed by atoms with E-state index in [0.29, 0.717) is 60.6 Å². The summed E-state index contributed by atoms with van der Waals surface area (Å²) in [5, 5.41) is 5.71. The highest BCUT2D eigenvalue weighted by molar-refractivity contribution is 6.16. The molecule has 14 heteroatoms. The van der Waals surface area contributed by atoms with Crippen molar-refractivity contribution in [1.29, 1.82) is 0 Å². The molecular formula is C37H39F2N5O7. The van der Waals surface area contributed by atoms with Gasteiger partial charge in [0.05, 0.1) is 24.6 Å². The Morgan fingerprint density at radius 3 is 2.18 bits per heavy atom. The number of carbonyl (C=O) groups excluding carboxylic acids is 3. The second-order valence-electron chi connectivity index (χ2n) is 13.7. The number of ether oxygens (including phenoxy) is 4. The lowest BCUT2D eigenvalue weighted by molar-refractivity contribution is -0.131. The van der Waals surface area contributed by atoms with Gasteiger partial charge >= 0.3 is 6.09 Å². The number of fused-ring (bicyclic) bond motifs is 1. The highest BCUT2D eigenvalue weighted by atomic mass is 19.1. The zero-order chi connectivity index (χ0) is 36.3. The fourth-order valence-electron chi connectivity index (χ4n) is 5.69. The molecule has 3 aromatic carbocycles. The number of hydrogen-bond acceptors (Lipinski definition) is 9. The molecule has 0 bridgehead atoms. The highest BCUT2D eigenvalue weighted by Gasteiger charge is 2.56. The molecule has 0 atom stereocenters. The van der Waals surface area contributed by atoms with Crippen molar-refractivity contribution in [2.75, 3.05) is 37.4 Å². The summed E-state index contributed by atoms with van der Waals surface area (Å²) in [7, 11) is 1.50. The molecule has 1 aliphatic heterocycles. The number of hydrogen-bond donors (Lipinski definition) is 2. The Balaban J connectivity index is 1.08. The first-order valence-electron chi connectivity index (χ1n) is 16.6. The number of amides is 3. The van der Waals surface area contributed by atoms with E-state index < -0.39 is 34.5 Å². The first kappa shape index (κ1) is 35.3. The second-order valence-corrected chi connectivity index (χ2v) is 13.7. The Hall–Kier alpha value is -5.53. The number of likely N-dealkylation sites (tertiary alicyclic amines) is 1. The smallest absolute Gasteiger partial charge is 0.410 e. The van der Waals surface area contributed by atoms with Gasteiger partial charge in [0.1, 0.15) is 23.2 Å². The topological polar surface area (TPSA) is 141 Å². The van der Waals surface area contributed by atoms with E-state index in [2.05, 4.69) is 20.6 Å². The molecule has 2 aliphatic rings. The maximum atomic E-state index is 15.3. The number of aromatic nitrogens is 2. The summed E-state index contributed by atoms with van der Waals surface area (Å²) in [5.41, 5.74) is -0.875. The molecule has 1 saturated heterocycles. The summed E-state index contributed by atoms with van der Waals surface area (Å²) >= 11 is 0. The summed E-state index contributed by atoms with van der Waals surface area (Å²) < 4.78 is 51.6. The van der Waals surface area contributed by atoms with Gasteiger partial charge in [-0.1, -0.05) is 0 Å². The van der Waals surface area contributed by atoms with Crippen LogP contribution in [0.5, 0.6) is 23.1 Å². The van der Waals surface area contributed by atoms with Crippen molar-refractivity contribution in [3.05, 3.63) is 72.6 Å². The monoisotopic (exact) mass is 703 g/mol. The average molecular weight is 704 g/mol. The number of piperidine rings is 1. The van der Waals surface area contributed by atoms with Crippen LogP contribution in [0.15, 0.2) is 60.9 Å². The number of rotatable bonds is 10. The van der Waals surface area contributed by atoms with Crippen molar-refractivity contribution in [3.63, 3.8) is 0 Å². The van der Waals surface area contributed by atoms with E-state index in [1.165, 1.54) is 49.8 Å². The Bertz CT molecular complexity index is 1940. The van der Waals surface area contributed by atoms with Crippen LogP contribution in [0.1, 0.15) is 46.5 Å². The molecular weight excluding hydrogens is 664 g/mol. The molecule has 0 radical (unpaired) electrons. The number of anilines is 2. The SMILES string of the molecule is COc1cc2c(Oc3ccc(NC(=O)C4(C(=O)Nc5ccc(F)cc5)CC4)cc3F)ncnc2cc1OCC1CCN(C(=O)OC(C)(C)C)CC1. The van der Waals surface area contributed by atoms with Gasteiger partial charge < -0.3 is 34.5 Å². The van der Waals surface area contributed by atoms with Gasteiger partial charge in [0, 0.05) is 36.6 Å². The third-order valence-corrected chi connectivity index (χ3v) is 8.74. The second kappa shape index (κ2) is 14.4. The zero-order valence-electron chi connectivity index (χ0n) is 28.8. The standard InChI is InChI=1S/C37H39F2N5O7/c1-36(2,3)51-35(47)44-15-11-22(12-16-44)20-49-31-19-28-26(18-30(31)48-4)32(41-21-40-28)50-29-10-9-25(17-27(29)39)43-34(46)37(13-14-37)33(45)42-24-7-5-23(38)6-8-24/h5-10,17-19,21-22H,11-16,20H2,1-4H3,(H,42,45)(H,43,46). The summed E-state index contributed by atoms with van der Waals surface area (Å²) in [5.74, 6) is -1.30. The molecule has 2 fully saturated rings. The first-order chi connectivity index (χ1) is 24.3. The number of nitrogens with one attached hydrogen (secondary N) is 2. The van der Waals surface area contributed by atoms with Gasteiger partial charge in [0.2, 0.25) is 17.7 Å². The summed E-state index contributed by atoms with van der Waals surface area (Å²) in [6, 6.07) is 12.5. The Morgan fingerprint density at radius 1 is 0.882 bits per heavy atom. The maximum Gasteiger partial charge on any atom is 0.410 e. The van der Waals surface area contributed by atoms with Crippen molar-refractivity contribution in [3.8, 4) is 23.1 Å². The molecule has 1 aromatic heterocycles. The minimum Gasteiger partial charge on any atom is -0.493 e. The molecule has 0 spiro atoms. The van der Waals surface area contributed by atoms with Gasteiger partial charge in [-0.15, -0.1) is 0 Å². The van der Waals surface area contributed by atoms with Crippen molar-refractivity contribution in [2.24, 2.45) is 11.3 Å². The van der Waals surface area contributed by atoms with Crippen LogP contribution in [0, 0.1) is 23.0 Å². The third kappa shape index (κ3) is 8.27. The van der Waals surface area contributed by atoms with E-state index in [0.717, 1.165) is 18.9 Å². The number of methoxy groups -OCH3 is 1. The molecule has 51 heavy (non-hydrogen) atoms. The van der Waals surface area contributed by atoms with E-state index in [1.54, 1.807) is 17.0 Å². The molecule has 3 amide bonds. The first-order valence-corrected chi connectivity index (χ1v) is 16.6. The number of nitrogens with zero attached hydrogens (tertiary/aromatic N) is 3. The number of halogens is 2. The molecule has 12 nitrogen and oxygen atoms in total. The molecule has 6 rings (SSSR count). The van der Waals surface area contributed by atoms with Crippen LogP contribution in [0.25, 0.3) is 10.9 Å². The molecule has 2 heterocycles. The Labute approximate surface area is 293 Å². The molecule has 1 saturated carbocycles. The fraction of sp³-hybridized carbons (Fsp3) is 0.378. The van der Waals surface area contributed by atoms with E-state index in [1.807, 2.05) is 20.8 Å². The van der Waals surface area contributed by atoms with Gasteiger partial charge in [0.25, 0.3) is 0 Å². The summed E-state index contributed by atoms with van der Waals surface area (Å²) in [6.07, 6.45) is 3.14. The van der Waals surface area contributed by atoms with Crippen molar-refractivity contribution < 1.29 is 42.1 Å². The Morgan fingerprint density at radius 2 is 1.55 bits per heavy atom. The molecule has 0 unspecified atom stereocenters. The van der Waals surface area contributed by atoms with Crippen LogP contribution in [0.3, 0.4) is 0 Å². The largest absolute Gasteiger partial charge is 0.493 e. The van der Waals surface area contributed by atoms with Crippen LogP contribution in [0.2, 0.25) is 0 Å². The maximum absolute atomic E-state index is 15.3. The van der Waals surface area contributed by atoms with Crippen LogP contribution in [0.4, 0.5) is 25.0 Å². The number of benzene rings is 3. The van der Waals surface area contributed by atoms with E-state index in [-0.39, 0.29) is 29.3 Å². The predicted octanol–water partition coefficient (Wildman–Crippen LogP) is 7.09. The van der Waals surface area contributed by atoms with E-state index >= 15 is 4.39 Å². The van der Waals surface area contributed by atoms with Gasteiger partial charge in [0.15, 0.2) is 23.1 Å². The van der Waals surface area contributed by atoms with Crippen molar-refractivity contribution in [2.45, 2.75) is 52.1 Å². The Kier molecular flexibility index (Phi) is 9.95. The molecule has 1 aliphatic carbocycles. The quantitative estimate of drug-likeness (QED) is 0.166. The van der Waals surface area contributed by atoms with Gasteiger partial charge in [-0.25, -0.2) is 23.5 Å². The highest BCUT2D eigenvalue weighted by Crippen LogP contribution is 2.47. The predicted molar refractivity (Wildman–Crippen MR) is 184 cm³/mol. The minimum absolute atomic E-state index is 0.0736. The third-order valence-electron chi connectivity index (χ3n) is 8.74. The van der Waals surface area contributed by atoms with Gasteiger partial charge in [-0.3, -0.25) is 9.59 Å². The van der Waals surface area contributed by atoms with Gasteiger partial charge in [-0.2, -0.15) is 0 Å². The van der Waals surface area contributed by atoms with Crippen molar-refractivity contribution >= 4 is 40.2 Å². The zero-order valence-corrected chi connectivity index (χ0v) is 28.8. The minimum atomic E-state index is -1.30. The lowest BCUT2D eigenvalue weighted by Gasteiger charge is -2.33. The summed E-state index contributed by atoms with van der Waals surface area (Å²) in [4.78, 5) is 48.6. The average Bonchev–Trinajstić information content (AvgIpc) is 3.91. The lowest BCUT2D eigenvalue weighted by Crippen LogP contribution is -2.42. The molecule has 4 aromatic rings. The van der Waals surface area contributed by atoms with E-state index in [9.17, 15) is 18.8 Å². The molecule has 268 valence electrons. The normalized spacial score (nSPS) is 15.5. The van der Waals surface area contributed by atoms with Gasteiger partial charge in [-0.05, 0) is 94.8 Å². The lowest BCUT2D eigenvalue weighted by atomic mass is 9.98. The molecule has 2 N–H and O–H groups in total. The number of carbonyl (C=O) groups is 3. The van der Waals surface area contributed by atoms with Crippen molar-refractivity contribution in [1.82, 2.24) is 14.9 Å². The van der Waals surface area contributed by atoms with Crippen LogP contribution in [-0.4, -0.2) is 65.2 Å². The van der Waals surface area contributed by atoms with Crippen LogP contribution >= 0.6 is 0 Å². The van der Waals surface area contributed by atoms with Crippen LogP contribution in [-0.2, 0) is 14.3 Å². The van der Waals surface area contributed by atoms with Crippen LogP contribution < -0.4 is 24.8 Å².